The Hall–Kier alpha value is -0.630. The van der Waals surface area contributed by atoms with Crippen molar-refractivity contribution >= 4 is 0 Å². The second-order valence-corrected chi connectivity index (χ2v) is 6.58. The topological polar surface area (TPSA) is 16.8 Å². The average molecular weight is 341 g/mol. The summed E-state index contributed by atoms with van der Waals surface area (Å²) in [6, 6.07) is 0. The van der Waals surface area contributed by atoms with Gasteiger partial charge in [-0.15, -0.1) is 0 Å². The summed E-state index contributed by atoms with van der Waals surface area (Å²) in [4.78, 5) is 4.04. The Bertz CT molecular complexity index is 330. The molecule has 0 spiro atoms. The van der Waals surface area contributed by atoms with E-state index in [0.29, 0.717) is 0 Å². The maximum atomic E-state index is 4.04. The van der Waals surface area contributed by atoms with E-state index in [-0.39, 0.29) is 12.4 Å². The zero-order valence-corrected chi connectivity index (χ0v) is 15.9. The van der Waals surface area contributed by atoms with Crippen molar-refractivity contribution in [1.29, 1.82) is 0 Å². The third-order valence-electron chi connectivity index (χ3n) is 4.46. The van der Waals surface area contributed by atoms with Crippen LogP contribution in [0.4, 0.5) is 0 Å². The van der Waals surface area contributed by atoms with Crippen LogP contribution in [-0.4, -0.2) is 4.98 Å². The summed E-state index contributed by atoms with van der Waals surface area (Å²) in [5.74, 6) is 0. The molecular weight excluding hydrogens is 304 g/mol. The number of hydrogen-bond donors (Lipinski definition) is 0. The van der Waals surface area contributed by atoms with Gasteiger partial charge in [0.1, 0.15) is 6.54 Å². The van der Waals surface area contributed by atoms with Gasteiger partial charge in [-0.2, -0.15) is 0 Å². The highest BCUT2D eigenvalue weighted by Gasteiger charge is 1.98. The quantitative estimate of drug-likeness (QED) is 0.354. The van der Waals surface area contributed by atoms with Crippen LogP contribution in [0.1, 0.15) is 96.8 Å². The van der Waals surface area contributed by atoms with E-state index in [1.165, 1.54) is 89.9 Å². The first-order chi connectivity index (χ1) is 10.9. The summed E-state index contributed by atoms with van der Waals surface area (Å²) in [5, 5.41) is 0. The van der Waals surface area contributed by atoms with Gasteiger partial charge in [0.2, 0.25) is 0 Å². The predicted molar refractivity (Wildman–Crippen MR) is 94.7 cm³/mol. The Morgan fingerprint density at radius 3 is 1.43 bits per heavy atom. The fourth-order valence-electron chi connectivity index (χ4n) is 2.99. The summed E-state index contributed by atoms with van der Waals surface area (Å²) in [7, 11) is 0. The molecule has 0 radical (unpaired) electrons. The van der Waals surface area contributed by atoms with E-state index in [2.05, 4.69) is 28.9 Å². The van der Waals surface area contributed by atoms with Crippen LogP contribution in [0.2, 0.25) is 0 Å². The minimum Gasteiger partial charge on any atom is -1.00 e. The molecule has 1 heterocycles. The lowest BCUT2D eigenvalue weighted by Crippen LogP contribution is -3.00. The molecule has 1 rings (SSSR count). The summed E-state index contributed by atoms with van der Waals surface area (Å²) in [6.45, 7) is 3.43. The molecule has 0 aliphatic carbocycles. The molecule has 0 aromatic carbocycles. The molecule has 0 bridgehead atoms. The molecule has 0 saturated heterocycles. The summed E-state index contributed by atoms with van der Waals surface area (Å²) >= 11 is 0. The molecule has 0 atom stereocenters. The van der Waals surface area contributed by atoms with Crippen molar-refractivity contribution < 1.29 is 17.0 Å². The maximum absolute atomic E-state index is 4.04. The predicted octanol–water partition coefficient (Wildman–Crippen LogP) is 2.85. The van der Waals surface area contributed by atoms with Crippen LogP contribution in [0.3, 0.4) is 0 Å². The summed E-state index contributed by atoms with van der Waals surface area (Å²) in [5.41, 5.74) is 0. The Kier molecular flexibility index (Phi) is 17.2. The number of aryl methyl sites for hydroxylation is 1. The zero-order chi connectivity index (χ0) is 15.7. The highest BCUT2D eigenvalue weighted by molar-refractivity contribution is 4.62. The zero-order valence-electron chi connectivity index (χ0n) is 15.2. The van der Waals surface area contributed by atoms with Crippen LogP contribution in [0, 0.1) is 0 Å². The largest absolute Gasteiger partial charge is 1.00 e. The molecule has 0 saturated carbocycles. The molecule has 3 heteroatoms. The van der Waals surface area contributed by atoms with Crippen molar-refractivity contribution in [2.75, 3.05) is 0 Å². The molecule has 0 fully saturated rings. The Morgan fingerprint density at radius 2 is 1.00 bits per heavy atom. The fraction of sp³-hybridized carbons (Fsp3) is 0.800. The van der Waals surface area contributed by atoms with Crippen molar-refractivity contribution in [2.24, 2.45) is 0 Å². The van der Waals surface area contributed by atoms with Crippen LogP contribution in [0.5, 0.6) is 0 Å². The van der Waals surface area contributed by atoms with Crippen LogP contribution < -0.4 is 17.0 Å². The Morgan fingerprint density at radius 1 is 0.609 bits per heavy atom. The van der Waals surface area contributed by atoms with Crippen LogP contribution in [0.25, 0.3) is 0 Å². The standard InChI is InChI=1S/C20H37N2.ClH/c1-2-3-4-5-6-7-8-9-10-11-12-13-14-15-18-22-19-16-21-17-20-22;/h16-17,19-20H,2-15,18H2,1H3;1H/q+1;/p-1. The second kappa shape index (κ2) is 17.7. The SMILES string of the molecule is CCCCCCCCCCCCCCCC[n+]1ccncc1.[Cl-]. The second-order valence-electron chi connectivity index (χ2n) is 6.58. The number of halogens is 1. The van der Waals surface area contributed by atoms with Crippen molar-refractivity contribution in [3.8, 4) is 0 Å². The van der Waals surface area contributed by atoms with Gasteiger partial charge in [0.05, 0.1) is 12.4 Å². The normalized spacial score (nSPS) is 10.5. The number of hydrogen-bond acceptors (Lipinski definition) is 1. The molecule has 0 aliphatic rings. The van der Waals surface area contributed by atoms with Gasteiger partial charge in [0.25, 0.3) is 0 Å². The highest BCUT2D eigenvalue weighted by Crippen LogP contribution is 2.12. The minimum atomic E-state index is 0. The molecule has 134 valence electrons. The van der Waals surface area contributed by atoms with E-state index in [4.69, 9.17) is 0 Å². The van der Waals surface area contributed by atoms with Gasteiger partial charge >= 0.3 is 0 Å². The van der Waals surface area contributed by atoms with E-state index in [0.717, 1.165) is 6.54 Å². The average Bonchev–Trinajstić information content (AvgIpc) is 2.56. The lowest BCUT2D eigenvalue weighted by Gasteiger charge is -2.02. The van der Waals surface area contributed by atoms with Gasteiger partial charge in [0.15, 0.2) is 12.4 Å². The van der Waals surface area contributed by atoms with Crippen molar-refractivity contribution in [1.82, 2.24) is 4.98 Å². The number of nitrogens with zero attached hydrogens (tertiary/aromatic N) is 2. The Balaban J connectivity index is 0.00000484. The Labute approximate surface area is 150 Å². The highest BCUT2D eigenvalue weighted by atomic mass is 35.5. The monoisotopic (exact) mass is 340 g/mol. The first-order valence-corrected chi connectivity index (χ1v) is 9.72. The van der Waals surface area contributed by atoms with Crippen LogP contribution in [-0.2, 0) is 6.54 Å². The molecule has 2 nitrogen and oxygen atoms in total. The van der Waals surface area contributed by atoms with Crippen molar-refractivity contribution in [3.05, 3.63) is 24.8 Å². The van der Waals surface area contributed by atoms with Gasteiger partial charge < -0.3 is 12.4 Å². The van der Waals surface area contributed by atoms with Gasteiger partial charge in [-0.25, -0.2) is 4.57 Å². The molecule has 0 N–H and O–H groups in total. The minimum absolute atomic E-state index is 0. The lowest BCUT2D eigenvalue weighted by molar-refractivity contribution is -0.697. The van der Waals surface area contributed by atoms with E-state index in [9.17, 15) is 0 Å². The molecule has 1 aromatic rings. The van der Waals surface area contributed by atoms with Gasteiger partial charge in [0, 0.05) is 6.42 Å². The fourth-order valence-corrected chi connectivity index (χ4v) is 2.99. The van der Waals surface area contributed by atoms with Gasteiger partial charge in [-0.05, 0) is 6.42 Å². The summed E-state index contributed by atoms with van der Waals surface area (Å²) in [6.07, 6.45) is 27.8. The molecule has 1 aromatic heterocycles. The number of rotatable bonds is 15. The molecule has 0 aliphatic heterocycles. The van der Waals surface area contributed by atoms with E-state index < -0.39 is 0 Å². The molecule has 23 heavy (non-hydrogen) atoms. The van der Waals surface area contributed by atoms with Crippen molar-refractivity contribution in [2.45, 2.75) is 103 Å². The first-order valence-electron chi connectivity index (χ1n) is 9.72. The molecular formula is C20H37ClN2. The molecule has 0 amide bonds. The van der Waals surface area contributed by atoms with E-state index >= 15 is 0 Å². The van der Waals surface area contributed by atoms with E-state index in [1.54, 1.807) is 0 Å². The first kappa shape index (κ1) is 22.4. The third-order valence-corrected chi connectivity index (χ3v) is 4.46. The van der Waals surface area contributed by atoms with Crippen LogP contribution >= 0.6 is 0 Å². The third kappa shape index (κ3) is 14.7. The maximum Gasteiger partial charge on any atom is 0.187 e. The van der Waals surface area contributed by atoms with Crippen molar-refractivity contribution in [3.63, 3.8) is 0 Å². The van der Waals surface area contributed by atoms with Gasteiger partial charge in [-0.3, -0.25) is 4.98 Å². The van der Waals surface area contributed by atoms with E-state index in [1.807, 2.05) is 12.4 Å². The lowest BCUT2D eigenvalue weighted by atomic mass is 10.0. The number of aromatic nitrogens is 2. The number of unbranched alkanes of at least 4 members (excludes halogenated alkanes) is 13. The smallest absolute Gasteiger partial charge is 0.187 e. The van der Waals surface area contributed by atoms with Gasteiger partial charge in [-0.1, -0.05) is 84.0 Å². The van der Waals surface area contributed by atoms with Crippen LogP contribution in [0.15, 0.2) is 24.8 Å². The molecule has 0 unspecified atom stereocenters. The summed E-state index contributed by atoms with van der Waals surface area (Å²) < 4.78 is 2.23.